The van der Waals surface area contributed by atoms with E-state index in [4.69, 9.17) is 5.11 Å². The lowest BCUT2D eigenvalue weighted by atomic mass is 10.0. The van der Waals surface area contributed by atoms with Gasteiger partial charge in [-0.15, -0.1) is 0 Å². The molecule has 22 heavy (non-hydrogen) atoms. The summed E-state index contributed by atoms with van der Waals surface area (Å²) < 4.78 is 4.62. The molecular weight excluding hydrogens is 304 g/mol. The van der Waals surface area contributed by atoms with Crippen molar-refractivity contribution in [3.05, 3.63) is 29.8 Å². The smallest absolute Gasteiger partial charge is 0.327 e. The molecule has 1 unspecified atom stereocenters. The molecule has 1 aromatic rings. The molecule has 2 atom stereocenters. The number of nitrogens with one attached hydrogen (secondary N) is 2. The van der Waals surface area contributed by atoms with E-state index in [9.17, 15) is 14.4 Å². The number of ketones is 1. The summed E-state index contributed by atoms with van der Waals surface area (Å²) in [6.07, 6.45) is -0.372. The minimum absolute atomic E-state index is 0.287. The topological polar surface area (TPSA) is 105 Å². The van der Waals surface area contributed by atoms with Crippen LogP contribution < -0.4 is 10.3 Å². The van der Waals surface area contributed by atoms with Gasteiger partial charge in [0.25, 0.3) is 0 Å². The maximum Gasteiger partial charge on any atom is 0.327 e. The lowest BCUT2D eigenvalue weighted by Crippen LogP contribution is -2.38. The van der Waals surface area contributed by atoms with Gasteiger partial charge in [0.2, 0.25) is 0 Å². The van der Waals surface area contributed by atoms with Crippen molar-refractivity contribution >= 4 is 33.8 Å². The first-order valence-corrected chi connectivity index (χ1v) is 7.02. The number of esters is 1. The zero-order valence-electron chi connectivity index (χ0n) is 12.3. The van der Waals surface area contributed by atoms with Crippen LogP contribution in [0.5, 0.6) is 0 Å². The summed E-state index contributed by atoms with van der Waals surface area (Å²) in [4.78, 5) is 37.2. The molecule has 0 bridgehead atoms. The van der Waals surface area contributed by atoms with E-state index in [-0.39, 0.29) is 12.0 Å². The summed E-state index contributed by atoms with van der Waals surface area (Å²) in [5, 5.41) is 11.7. The minimum atomic E-state index is -1.10. The van der Waals surface area contributed by atoms with E-state index >= 15 is 0 Å². The summed E-state index contributed by atoms with van der Waals surface area (Å²) in [7, 11) is 4.25. The first kappa shape index (κ1) is 17.9. The molecule has 3 radical (unpaired) electrons. The molecule has 0 aliphatic heterocycles. The van der Waals surface area contributed by atoms with Crippen LogP contribution in [0.3, 0.4) is 0 Å². The van der Waals surface area contributed by atoms with Gasteiger partial charge in [0.05, 0.1) is 19.6 Å². The number of rotatable bonds is 8. The van der Waals surface area contributed by atoms with Crippen LogP contribution in [0.1, 0.15) is 23.7 Å². The van der Waals surface area contributed by atoms with Crippen LogP contribution in [0, 0.1) is 0 Å². The number of carbonyl (C=O) groups is 3. The third-order valence-electron chi connectivity index (χ3n) is 2.99. The van der Waals surface area contributed by atoms with Crippen LogP contribution in [-0.4, -0.2) is 52.4 Å². The number of hydrogen-bond acceptors (Lipinski definition) is 6. The monoisotopic (exact) mass is 321 g/mol. The van der Waals surface area contributed by atoms with E-state index in [1.165, 1.54) is 7.11 Å². The van der Waals surface area contributed by atoms with Crippen molar-refractivity contribution in [3.63, 3.8) is 0 Å². The van der Waals surface area contributed by atoms with Gasteiger partial charge in [-0.05, 0) is 19.1 Å². The van der Waals surface area contributed by atoms with E-state index in [1.54, 1.807) is 31.2 Å². The highest BCUT2D eigenvalue weighted by Crippen LogP contribution is 2.19. The molecule has 3 N–H and O–H groups in total. The summed E-state index contributed by atoms with van der Waals surface area (Å²) in [5.41, 5.74) is 0.720. The molecule has 8 heteroatoms. The van der Waals surface area contributed by atoms with E-state index in [2.05, 4.69) is 25.4 Å². The van der Waals surface area contributed by atoms with Gasteiger partial charge in [0.15, 0.2) is 5.78 Å². The molecule has 0 heterocycles. The molecule has 0 saturated carbocycles. The van der Waals surface area contributed by atoms with E-state index in [0.717, 1.165) is 0 Å². The van der Waals surface area contributed by atoms with E-state index in [1.807, 2.05) is 0 Å². The lowest BCUT2D eigenvalue weighted by molar-refractivity contribution is -0.141. The highest BCUT2D eigenvalue weighted by Gasteiger charge is 2.24. The van der Waals surface area contributed by atoms with Gasteiger partial charge in [0, 0.05) is 11.3 Å². The van der Waals surface area contributed by atoms with Crippen molar-refractivity contribution in [2.24, 2.45) is 0 Å². The average Bonchev–Trinajstić information content (AvgIpc) is 2.51. The summed E-state index contributed by atoms with van der Waals surface area (Å²) in [5.74, 6) is -1.97. The second-order valence-electron chi connectivity index (χ2n) is 4.59. The second-order valence-corrected chi connectivity index (χ2v) is 4.88. The van der Waals surface area contributed by atoms with Gasteiger partial charge in [-0.25, -0.2) is 4.79 Å². The highest BCUT2D eigenvalue weighted by atomic mass is 28.2. The Balaban J connectivity index is 3.02. The number of anilines is 1. The van der Waals surface area contributed by atoms with Gasteiger partial charge < -0.3 is 20.1 Å². The van der Waals surface area contributed by atoms with Gasteiger partial charge in [-0.2, -0.15) is 0 Å². The quantitative estimate of drug-likeness (QED) is 0.361. The predicted molar refractivity (Wildman–Crippen MR) is 80.8 cm³/mol. The molecular formula is C14H17N2O5Si. The normalized spacial score (nSPS) is 13.0. The molecule has 0 aliphatic rings. The Labute approximate surface area is 131 Å². The van der Waals surface area contributed by atoms with Crippen molar-refractivity contribution < 1.29 is 24.2 Å². The van der Waals surface area contributed by atoms with Crippen LogP contribution in [0.4, 0.5) is 5.69 Å². The maximum atomic E-state index is 12.4. The predicted octanol–water partition coefficient (Wildman–Crippen LogP) is 0.359. The van der Waals surface area contributed by atoms with Crippen molar-refractivity contribution in [1.82, 2.24) is 4.98 Å². The van der Waals surface area contributed by atoms with Crippen LogP contribution in [0.2, 0.25) is 0 Å². The van der Waals surface area contributed by atoms with Crippen LogP contribution in [-0.2, 0) is 14.3 Å². The fourth-order valence-corrected chi connectivity index (χ4v) is 2.10. The fraction of sp³-hybridized carbons (Fsp3) is 0.357. The number of methoxy groups -OCH3 is 1. The highest BCUT2D eigenvalue weighted by molar-refractivity contribution is 6.12. The molecule has 117 valence electrons. The van der Waals surface area contributed by atoms with Crippen molar-refractivity contribution in [2.75, 3.05) is 12.4 Å². The fourth-order valence-electron chi connectivity index (χ4n) is 1.86. The Morgan fingerprint density at radius 3 is 2.50 bits per heavy atom. The third-order valence-corrected chi connectivity index (χ3v) is 3.34. The summed E-state index contributed by atoms with van der Waals surface area (Å²) >= 11 is 0. The van der Waals surface area contributed by atoms with Crippen LogP contribution in [0.25, 0.3) is 0 Å². The zero-order chi connectivity index (χ0) is 16.7. The van der Waals surface area contributed by atoms with Gasteiger partial charge in [-0.3, -0.25) is 9.59 Å². The Bertz CT molecular complexity index is 564. The van der Waals surface area contributed by atoms with E-state index in [0.29, 0.717) is 5.69 Å². The Morgan fingerprint density at radius 2 is 1.95 bits per heavy atom. The molecule has 0 aromatic heterocycles. The molecule has 0 amide bonds. The lowest BCUT2D eigenvalue weighted by Gasteiger charge is -2.18. The molecule has 0 saturated heterocycles. The number of carboxylic acids is 1. The summed E-state index contributed by atoms with van der Waals surface area (Å²) in [6.45, 7) is 1.60. The standard InChI is InChI=1S/C14H17N2O5Si/c1-8(14(20)21-2)15-10-6-4-3-5-9(10)13(19)11(16-22)7-12(17)18/h3-6,8,11,15-16H,7H2,1-2H3,(H,17,18)/t8?,11-/m0/s1. The van der Waals surface area contributed by atoms with Gasteiger partial charge in [-0.1, -0.05) is 12.1 Å². The Kier molecular flexibility index (Phi) is 6.74. The largest absolute Gasteiger partial charge is 0.481 e. The number of benzene rings is 1. The number of carbonyl (C=O) groups excluding carboxylic acids is 2. The van der Waals surface area contributed by atoms with Crippen molar-refractivity contribution in [1.29, 1.82) is 0 Å². The van der Waals surface area contributed by atoms with Crippen LogP contribution >= 0.6 is 0 Å². The number of carboxylic acid groups (broad SMARTS) is 1. The van der Waals surface area contributed by atoms with Gasteiger partial charge in [0.1, 0.15) is 16.4 Å². The molecule has 1 rings (SSSR count). The van der Waals surface area contributed by atoms with Gasteiger partial charge >= 0.3 is 11.9 Å². The molecule has 7 nitrogen and oxygen atoms in total. The van der Waals surface area contributed by atoms with Crippen molar-refractivity contribution in [2.45, 2.75) is 25.4 Å². The average molecular weight is 321 g/mol. The molecule has 0 spiro atoms. The number of para-hydroxylation sites is 1. The molecule has 0 aliphatic carbocycles. The number of ether oxygens (including phenoxy) is 1. The number of Topliss-reactive ketones (excluding diaryl/α,β-unsaturated/α-hetero) is 1. The zero-order valence-corrected chi connectivity index (χ0v) is 13.3. The van der Waals surface area contributed by atoms with Crippen LogP contribution in [0.15, 0.2) is 24.3 Å². The second kappa shape index (κ2) is 8.30. The summed E-state index contributed by atoms with van der Waals surface area (Å²) in [6, 6.07) is 4.99. The minimum Gasteiger partial charge on any atom is -0.481 e. The number of aliphatic carboxylic acids is 1. The van der Waals surface area contributed by atoms with E-state index < -0.39 is 29.8 Å². The van der Waals surface area contributed by atoms with Crippen molar-refractivity contribution in [3.8, 4) is 0 Å². The first-order chi connectivity index (χ1) is 10.4. The molecule has 0 fully saturated rings. The SMILES string of the molecule is COC(=O)C(C)Nc1ccccc1C(=O)[C@H](CC(=O)O)N[Si]. The molecule has 1 aromatic carbocycles. The maximum absolute atomic E-state index is 12.4. The Hall–Kier alpha value is -2.19. The Morgan fingerprint density at radius 1 is 1.32 bits per heavy atom. The number of hydrogen-bond donors (Lipinski definition) is 3. The third kappa shape index (κ3) is 4.67. The first-order valence-electron chi connectivity index (χ1n) is 6.52.